The number of alkyl halides is 2. The van der Waals surface area contributed by atoms with E-state index in [0.717, 1.165) is 17.6 Å². The topological polar surface area (TPSA) is 74.3 Å². The van der Waals surface area contributed by atoms with E-state index < -0.39 is 48.3 Å². The van der Waals surface area contributed by atoms with Crippen molar-refractivity contribution < 1.29 is 37.2 Å². The van der Waals surface area contributed by atoms with E-state index >= 15 is 0 Å². The molecule has 2 saturated heterocycles. The number of esters is 1. The van der Waals surface area contributed by atoms with E-state index in [1.54, 1.807) is 24.3 Å². The molecule has 2 aliphatic heterocycles. The zero-order valence-corrected chi connectivity index (χ0v) is 20.5. The Balaban J connectivity index is 1.70. The van der Waals surface area contributed by atoms with Gasteiger partial charge in [0.2, 0.25) is 6.43 Å². The summed E-state index contributed by atoms with van der Waals surface area (Å²) in [7, 11) is 0.610. The molecule has 0 aromatic heterocycles. The average Bonchev–Trinajstić information content (AvgIpc) is 3.26. The predicted octanol–water partition coefficient (Wildman–Crippen LogP) is 4.69. The van der Waals surface area contributed by atoms with Gasteiger partial charge in [0.05, 0.1) is 23.7 Å². The third-order valence-corrected chi connectivity index (χ3v) is 7.36. The highest BCUT2D eigenvalue weighted by Gasteiger charge is 2.59. The van der Waals surface area contributed by atoms with Crippen molar-refractivity contribution in [3.63, 3.8) is 0 Å². The van der Waals surface area contributed by atoms with Gasteiger partial charge in [-0.25, -0.2) is 18.4 Å². The van der Waals surface area contributed by atoms with Crippen molar-refractivity contribution in [1.29, 1.82) is 0 Å². The van der Waals surface area contributed by atoms with Gasteiger partial charge >= 0.3 is 19.2 Å². The lowest BCUT2D eigenvalue weighted by molar-refractivity contribution is -0.154. The molecule has 1 aromatic rings. The van der Waals surface area contributed by atoms with Gasteiger partial charge in [-0.3, -0.25) is 4.90 Å². The first-order valence-electron chi connectivity index (χ1n) is 11.6. The van der Waals surface area contributed by atoms with Gasteiger partial charge in [0, 0.05) is 6.54 Å². The van der Waals surface area contributed by atoms with Crippen LogP contribution in [0.15, 0.2) is 30.3 Å². The molecule has 188 valence electrons. The fraction of sp³-hybridized carbons (Fsp3) is 0.667. The van der Waals surface area contributed by atoms with Crippen molar-refractivity contribution in [1.82, 2.24) is 4.90 Å². The van der Waals surface area contributed by atoms with Gasteiger partial charge in [0.25, 0.3) is 0 Å². The van der Waals surface area contributed by atoms with Gasteiger partial charge in [-0.15, -0.1) is 0 Å². The summed E-state index contributed by atoms with van der Waals surface area (Å²) >= 11 is 0. The van der Waals surface area contributed by atoms with Crippen LogP contribution in [0.1, 0.15) is 52.5 Å². The third kappa shape index (κ3) is 5.22. The van der Waals surface area contributed by atoms with E-state index in [1.165, 1.54) is 0 Å². The molecule has 2 aliphatic rings. The summed E-state index contributed by atoms with van der Waals surface area (Å²) < 4.78 is 51.2. The van der Waals surface area contributed by atoms with E-state index in [4.69, 9.17) is 18.8 Å². The number of amides is 1. The second-order valence-electron chi connectivity index (χ2n) is 10.0. The highest BCUT2D eigenvalue weighted by molar-refractivity contribution is 6.45. The number of ether oxygens (including phenoxy) is 2. The average molecular weight is 481 g/mol. The number of nitrogens with zero attached hydrogens (tertiary/aromatic N) is 1. The van der Waals surface area contributed by atoms with Crippen LogP contribution in [0.3, 0.4) is 0 Å². The summed E-state index contributed by atoms with van der Waals surface area (Å²) in [6.45, 7) is 7.67. The van der Waals surface area contributed by atoms with Crippen molar-refractivity contribution in [3.05, 3.63) is 35.9 Å². The fourth-order valence-electron chi connectivity index (χ4n) is 4.66. The largest absolute Gasteiger partial charge is 0.467 e. The van der Waals surface area contributed by atoms with Crippen LogP contribution in [0.25, 0.3) is 0 Å². The summed E-state index contributed by atoms with van der Waals surface area (Å²) in [5.74, 6) is -0.870. The molecular weight excluding hydrogens is 447 g/mol. The summed E-state index contributed by atoms with van der Waals surface area (Å²) in [4.78, 5) is 26.5. The summed E-state index contributed by atoms with van der Waals surface area (Å²) in [6.07, 6.45) is -2.94. The number of benzene rings is 1. The molecule has 0 radical (unpaired) electrons. The van der Waals surface area contributed by atoms with Gasteiger partial charge in [0.1, 0.15) is 12.6 Å². The molecule has 2 heterocycles. The van der Waals surface area contributed by atoms with Crippen LogP contribution in [0.4, 0.5) is 13.6 Å². The lowest BCUT2D eigenvalue weighted by Gasteiger charge is -2.35. The zero-order chi connectivity index (χ0) is 25.1. The molecule has 0 N–H and O–H groups in total. The van der Waals surface area contributed by atoms with Crippen molar-refractivity contribution >= 4 is 19.2 Å². The Morgan fingerprint density at radius 1 is 1.15 bits per heavy atom. The molecule has 0 spiro atoms. The van der Waals surface area contributed by atoms with Gasteiger partial charge in [-0.2, -0.15) is 0 Å². The van der Waals surface area contributed by atoms with Crippen LogP contribution in [-0.2, 0) is 30.2 Å². The highest BCUT2D eigenvalue weighted by Crippen LogP contribution is 2.48. The SMILES string of the molecule is COC(=O)[C@H]1N(C(=O)OCc2ccccc2)CC[C@]1(CCCB1OC(C)(C)C(C)(C)O1)C(F)F. The monoisotopic (exact) mass is 481 g/mol. The second kappa shape index (κ2) is 10.2. The quantitative estimate of drug-likeness (QED) is 0.396. The Kier molecular flexibility index (Phi) is 7.92. The number of hydrogen-bond donors (Lipinski definition) is 0. The van der Waals surface area contributed by atoms with Gasteiger partial charge in [-0.1, -0.05) is 36.8 Å². The Morgan fingerprint density at radius 3 is 2.32 bits per heavy atom. The molecule has 0 aliphatic carbocycles. The van der Waals surface area contributed by atoms with Gasteiger partial charge in [-0.05, 0) is 52.4 Å². The molecule has 2 fully saturated rings. The van der Waals surface area contributed by atoms with Gasteiger partial charge in [0.15, 0.2) is 0 Å². The number of rotatable bonds is 8. The first-order valence-corrected chi connectivity index (χ1v) is 11.6. The first kappa shape index (κ1) is 26.4. The van der Waals surface area contributed by atoms with Crippen LogP contribution in [0.2, 0.25) is 6.32 Å². The maximum Gasteiger partial charge on any atom is 0.457 e. The number of carbonyl (C=O) groups is 2. The van der Waals surface area contributed by atoms with Crippen molar-refractivity contribution in [2.24, 2.45) is 5.41 Å². The van der Waals surface area contributed by atoms with E-state index in [-0.39, 0.29) is 26.0 Å². The Hall–Kier alpha value is -2.20. The predicted molar refractivity (Wildman–Crippen MR) is 122 cm³/mol. The van der Waals surface area contributed by atoms with Crippen LogP contribution in [-0.4, -0.2) is 61.4 Å². The normalized spacial score (nSPS) is 25.6. The molecule has 0 saturated carbocycles. The molecule has 1 amide bonds. The molecule has 10 heteroatoms. The minimum atomic E-state index is -2.83. The molecule has 34 heavy (non-hydrogen) atoms. The molecule has 7 nitrogen and oxygen atoms in total. The molecule has 2 atom stereocenters. The lowest BCUT2D eigenvalue weighted by atomic mass is 9.72. The van der Waals surface area contributed by atoms with Crippen LogP contribution in [0.5, 0.6) is 0 Å². The molecule has 0 unspecified atom stereocenters. The van der Waals surface area contributed by atoms with Crippen LogP contribution < -0.4 is 0 Å². The Labute approximate surface area is 200 Å². The molecule has 3 rings (SSSR count). The summed E-state index contributed by atoms with van der Waals surface area (Å²) in [5.41, 5.74) is -2.01. The lowest BCUT2D eigenvalue weighted by Crippen LogP contribution is -2.51. The minimum Gasteiger partial charge on any atom is -0.467 e. The fourth-order valence-corrected chi connectivity index (χ4v) is 4.66. The van der Waals surface area contributed by atoms with E-state index in [9.17, 15) is 18.4 Å². The van der Waals surface area contributed by atoms with Crippen molar-refractivity contribution in [2.45, 2.75) is 83.6 Å². The number of likely N-dealkylation sites (tertiary alicyclic amines) is 1. The van der Waals surface area contributed by atoms with Crippen LogP contribution in [0, 0.1) is 5.41 Å². The molecule has 0 bridgehead atoms. The smallest absolute Gasteiger partial charge is 0.457 e. The van der Waals surface area contributed by atoms with E-state index in [2.05, 4.69) is 0 Å². The minimum absolute atomic E-state index is 0.0109. The van der Waals surface area contributed by atoms with E-state index in [0.29, 0.717) is 12.7 Å². The van der Waals surface area contributed by atoms with E-state index in [1.807, 2.05) is 33.8 Å². The Bertz CT molecular complexity index is 852. The summed E-state index contributed by atoms with van der Waals surface area (Å²) in [6, 6.07) is 7.58. The number of carbonyl (C=O) groups excluding carboxylic acids is 2. The number of halogens is 2. The standard InChI is InChI=1S/C24H34BF2NO6/c1-22(2)23(3,4)34-25(33-22)14-9-12-24(20(26)27)13-15-28(18(24)19(29)31-5)21(30)32-16-17-10-7-6-8-11-17/h6-8,10-11,18,20H,9,12-16H2,1-5H3/t18-,24+/m1/s1. The first-order chi connectivity index (χ1) is 15.9. The zero-order valence-electron chi connectivity index (χ0n) is 20.5. The van der Waals surface area contributed by atoms with Crippen LogP contribution >= 0.6 is 0 Å². The second-order valence-corrected chi connectivity index (χ2v) is 10.0. The molecular formula is C24H34BF2NO6. The highest BCUT2D eigenvalue weighted by atomic mass is 19.3. The van der Waals surface area contributed by atoms with Crippen molar-refractivity contribution in [3.8, 4) is 0 Å². The maximum atomic E-state index is 14.5. The summed E-state index contributed by atoms with van der Waals surface area (Å²) in [5, 5.41) is 0. The third-order valence-electron chi connectivity index (χ3n) is 7.36. The Morgan fingerprint density at radius 2 is 1.76 bits per heavy atom. The maximum absolute atomic E-state index is 14.5. The van der Waals surface area contributed by atoms with Crippen molar-refractivity contribution in [2.75, 3.05) is 13.7 Å². The van der Waals surface area contributed by atoms with Gasteiger partial charge < -0.3 is 18.8 Å². The molecule has 1 aromatic carbocycles. The number of hydrogen-bond acceptors (Lipinski definition) is 6. The number of methoxy groups -OCH3 is 1.